The van der Waals surface area contributed by atoms with Gasteiger partial charge in [0.15, 0.2) is 51.8 Å². The second-order valence-electron chi connectivity index (χ2n) is 12.7. The van der Waals surface area contributed by atoms with Gasteiger partial charge in [0.1, 0.15) is 0 Å². The lowest BCUT2D eigenvalue weighted by Gasteiger charge is -2.35. The van der Waals surface area contributed by atoms with Gasteiger partial charge in [0.2, 0.25) is 0 Å². The number of aliphatic carboxylic acids is 2. The first-order valence-electron chi connectivity index (χ1n) is 15.9. The maximum Gasteiger partial charge on any atom is 0.307 e. The van der Waals surface area contributed by atoms with E-state index in [0.29, 0.717) is 27.8 Å². The molecule has 10 N–H and O–H groups in total. The summed E-state index contributed by atoms with van der Waals surface area (Å²) in [5.41, 5.74) is 1.92. The van der Waals surface area contributed by atoms with Crippen LogP contribution >= 0.6 is 0 Å². The Morgan fingerprint density at radius 2 is 1.06 bits per heavy atom. The molecule has 1 aliphatic carbocycles. The Hall–Kier alpha value is -6.37. The molecule has 0 saturated heterocycles. The van der Waals surface area contributed by atoms with E-state index < -0.39 is 88.1 Å². The second kappa shape index (κ2) is 14.6. The Morgan fingerprint density at radius 3 is 1.59 bits per heavy atom. The van der Waals surface area contributed by atoms with E-state index >= 15 is 0 Å². The summed E-state index contributed by atoms with van der Waals surface area (Å²) in [5.74, 6) is -10.8. The average Bonchev–Trinajstić information content (AvgIpc) is 3.07. The van der Waals surface area contributed by atoms with Crippen molar-refractivity contribution in [2.24, 2.45) is 17.8 Å². The summed E-state index contributed by atoms with van der Waals surface area (Å²) in [6.07, 6.45) is 0.656. The van der Waals surface area contributed by atoms with E-state index in [2.05, 4.69) is 0 Å². The molecule has 0 aromatic heterocycles. The molecule has 0 heterocycles. The maximum atomic E-state index is 14.2. The number of hydrogen-bond donors (Lipinski definition) is 10. The molecule has 0 radical (unpaired) electrons. The average molecular weight is 701 g/mol. The molecule has 51 heavy (non-hydrogen) atoms. The van der Waals surface area contributed by atoms with Crippen LogP contribution in [0, 0.1) is 17.8 Å². The van der Waals surface area contributed by atoms with E-state index in [1.807, 2.05) is 0 Å². The lowest BCUT2D eigenvalue weighted by molar-refractivity contribution is -0.143. The topological polar surface area (TPSA) is 254 Å². The van der Waals surface area contributed by atoms with Crippen LogP contribution in [0.3, 0.4) is 0 Å². The van der Waals surface area contributed by atoms with Crippen molar-refractivity contribution in [3.63, 3.8) is 0 Å². The first-order chi connectivity index (χ1) is 24.1. The molecule has 0 unspecified atom stereocenters. The number of carboxylic acid groups (broad SMARTS) is 2. The molecular formula is C38H36O13. The zero-order valence-electron chi connectivity index (χ0n) is 27.0. The van der Waals surface area contributed by atoms with E-state index in [1.54, 1.807) is 0 Å². The standard InChI is InChI=1S/C38H36O13/c39-27-6-1-18(11-31(27)43)9-21(37(48)49)3-5-24-26(30(42)16-23(38(50)51)10-19-2-7-28(40)32(44)12-19)13-22-15-34(46)35(47)17-25(22)36(24)20-4-8-29(41)33(45)14-20/h1-2,4,6-8,11-15,17,21,23-24,36,39-41,43-47H,3,5,9-10,16H2,(H,48,49)(H,50,51)/t21-,23+,24+,36-/m1/s1. The molecule has 4 aromatic rings. The number of fused-ring (bicyclic) bond motifs is 1. The molecule has 4 aromatic carbocycles. The number of allylic oxidation sites excluding steroid dienone is 1. The van der Waals surface area contributed by atoms with Gasteiger partial charge in [0.25, 0.3) is 0 Å². The molecule has 0 bridgehead atoms. The van der Waals surface area contributed by atoms with Gasteiger partial charge in [-0.3, -0.25) is 14.4 Å². The number of Topliss-reactive ketones (excluding diaryl/α,β-unsaturated/α-hetero) is 1. The zero-order chi connectivity index (χ0) is 37.1. The van der Waals surface area contributed by atoms with Gasteiger partial charge >= 0.3 is 11.9 Å². The fourth-order valence-electron chi connectivity index (χ4n) is 6.67. The Kier molecular flexibility index (Phi) is 10.3. The number of hydrogen-bond acceptors (Lipinski definition) is 11. The number of aromatic hydroxyl groups is 8. The van der Waals surface area contributed by atoms with Gasteiger partial charge in [-0.2, -0.15) is 0 Å². The highest BCUT2D eigenvalue weighted by molar-refractivity contribution is 6.03. The van der Waals surface area contributed by atoms with Crippen LogP contribution in [0.1, 0.15) is 53.0 Å². The predicted molar refractivity (Wildman–Crippen MR) is 181 cm³/mol. The number of carbonyl (C=O) groups excluding carboxylic acids is 1. The van der Waals surface area contributed by atoms with E-state index in [-0.39, 0.29) is 37.0 Å². The Bertz CT molecular complexity index is 2030. The molecule has 4 atom stereocenters. The molecule has 13 heteroatoms. The molecule has 5 rings (SSSR count). The van der Waals surface area contributed by atoms with Crippen molar-refractivity contribution < 1.29 is 65.4 Å². The lowest BCUT2D eigenvalue weighted by atomic mass is 9.67. The molecule has 0 spiro atoms. The summed E-state index contributed by atoms with van der Waals surface area (Å²) in [7, 11) is 0. The van der Waals surface area contributed by atoms with E-state index in [0.717, 1.165) is 0 Å². The minimum Gasteiger partial charge on any atom is -0.504 e. The smallest absolute Gasteiger partial charge is 0.307 e. The third-order valence-corrected chi connectivity index (χ3v) is 9.31. The van der Waals surface area contributed by atoms with Crippen molar-refractivity contribution in [1.82, 2.24) is 0 Å². The van der Waals surface area contributed by atoms with Crippen LogP contribution in [0.4, 0.5) is 0 Å². The van der Waals surface area contributed by atoms with Crippen LogP contribution in [-0.4, -0.2) is 68.8 Å². The Morgan fingerprint density at radius 1 is 0.569 bits per heavy atom. The normalized spacial score (nSPS) is 16.4. The van der Waals surface area contributed by atoms with E-state index in [1.165, 1.54) is 72.8 Å². The summed E-state index contributed by atoms with van der Waals surface area (Å²) in [6, 6.07) is 14.2. The first-order valence-corrected chi connectivity index (χ1v) is 15.9. The highest BCUT2D eigenvalue weighted by Gasteiger charge is 2.38. The van der Waals surface area contributed by atoms with Gasteiger partial charge in [0, 0.05) is 12.3 Å². The summed E-state index contributed by atoms with van der Waals surface area (Å²) < 4.78 is 0. The number of rotatable bonds is 13. The van der Waals surface area contributed by atoms with Crippen molar-refractivity contribution in [1.29, 1.82) is 0 Å². The maximum absolute atomic E-state index is 14.2. The van der Waals surface area contributed by atoms with Crippen LogP contribution in [0.2, 0.25) is 0 Å². The third-order valence-electron chi connectivity index (χ3n) is 9.31. The largest absolute Gasteiger partial charge is 0.504 e. The Labute approximate surface area is 290 Å². The minimum absolute atomic E-state index is 0.00949. The monoisotopic (exact) mass is 700 g/mol. The van der Waals surface area contributed by atoms with Gasteiger partial charge in [-0.15, -0.1) is 0 Å². The highest BCUT2D eigenvalue weighted by atomic mass is 16.4. The van der Waals surface area contributed by atoms with Crippen molar-refractivity contribution in [2.75, 3.05) is 0 Å². The fourth-order valence-corrected chi connectivity index (χ4v) is 6.67. The SMILES string of the molecule is O=C(C[C@H](Cc1ccc(O)c(O)c1)C(=O)O)C1=Cc2cc(O)c(O)cc2[C@H](c2ccc(O)c(O)c2)[C@H]1CC[C@H](Cc1ccc(O)c(O)c1)C(=O)O. The number of carbonyl (C=O) groups is 3. The number of benzene rings is 4. The number of ketones is 1. The van der Waals surface area contributed by atoms with Gasteiger partial charge < -0.3 is 51.1 Å². The van der Waals surface area contributed by atoms with Crippen LogP contribution < -0.4 is 0 Å². The number of phenols is 8. The Balaban J connectivity index is 1.57. The predicted octanol–water partition coefficient (Wildman–Crippen LogP) is 5.10. The van der Waals surface area contributed by atoms with Gasteiger partial charge in [0.05, 0.1) is 11.8 Å². The van der Waals surface area contributed by atoms with Crippen LogP contribution in [0.15, 0.2) is 72.3 Å². The van der Waals surface area contributed by atoms with Gasteiger partial charge in [-0.1, -0.05) is 18.2 Å². The fraction of sp³-hybridized carbons (Fsp3) is 0.237. The molecule has 0 aliphatic heterocycles. The van der Waals surface area contributed by atoms with Crippen molar-refractivity contribution in [3.05, 3.63) is 100 Å². The van der Waals surface area contributed by atoms with Crippen LogP contribution in [0.25, 0.3) is 6.08 Å². The van der Waals surface area contributed by atoms with Crippen LogP contribution in [0.5, 0.6) is 46.0 Å². The molecule has 0 amide bonds. The number of carboxylic acids is 2. The lowest BCUT2D eigenvalue weighted by Crippen LogP contribution is -2.29. The zero-order valence-corrected chi connectivity index (χ0v) is 27.0. The second-order valence-corrected chi connectivity index (χ2v) is 12.7. The van der Waals surface area contributed by atoms with Crippen molar-refractivity contribution >= 4 is 23.8 Å². The minimum atomic E-state index is -1.31. The van der Waals surface area contributed by atoms with E-state index in [4.69, 9.17) is 0 Å². The van der Waals surface area contributed by atoms with Crippen molar-refractivity contribution in [3.8, 4) is 46.0 Å². The summed E-state index contributed by atoms with van der Waals surface area (Å²) in [6.45, 7) is 0. The molecule has 1 aliphatic rings. The van der Waals surface area contributed by atoms with E-state index in [9.17, 15) is 65.4 Å². The first kappa shape index (κ1) is 35.9. The summed E-state index contributed by atoms with van der Waals surface area (Å²) in [4.78, 5) is 39.1. The molecule has 13 nitrogen and oxygen atoms in total. The molecule has 0 fully saturated rings. The molecule has 266 valence electrons. The van der Waals surface area contributed by atoms with Gasteiger partial charge in [-0.25, -0.2) is 0 Å². The third kappa shape index (κ3) is 7.93. The van der Waals surface area contributed by atoms with Crippen molar-refractivity contribution in [2.45, 2.75) is 38.0 Å². The highest BCUT2D eigenvalue weighted by Crippen LogP contribution is 2.49. The van der Waals surface area contributed by atoms with Crippen LogP contribution in [-0.2, 0) is 27.2 Å². The molecule has 0 saturated carbocycles. The summed E-state index contributed by atoms with van der Waals surface area (Å²) >= 11 is 0. The van der Waals surface area contributed by atoms with Gasteiger partial charge in [-0.05, 0) is 120 Å². The summed E-state index contributed by atoms with van der Waals surface area (Å²) in [5, 5.41) is 101. The molecular weight excluding hydrogens is 664 g/mol. The number of phenolic OH excluding ortho intramolecular Hbond substituents is 8. The quantitative estimate of drug-likeness (QED) is 0.0816.